The van der Waals surface area contributed by atoms with E-state index in [1.54, 1.807) is 6.92 Å². The van der Waals surface area contributed by atoms with Crippen LogP contribution in [0.2, 0.25) is 5.02 Å². The van der Waals surface area contributed by atoms with Crippen molar-refractivity contribution in [2.75, 3.05) is 0 Å². The van der Waals surface area contributed by atoms with Crippen LogP contribution in [0.1, 0.15) is 18.7 Å². The van der Waals surface area contributed by atoms with Gasteiger partial charge in [0.15, 0.2) is 0 Å². The quantitative estimate of drug-likeness (QED) is 0.706. The van der Waals surface area contributed by atoms with Crippen molar-refractivity contribution in [1.82, 2.24) is 4.98 Å². The van der Waals surface area contributed by atoms with Gasteiger partial charge in [-0.1, -0.05) is 11.6 Å². The summed E-state index contributed by atoms with van der Waals surface area (Å²) in [6.45, 7) is 1.67. The van der Waals surface area contributed by atoms with Gasteiger partial charge in [0.05, 0.1) is 10.7 Å². The van der Waals surface area contributed by atoms with Crippen molar-refractivity contribution >= 4 is 11.6 Å². The zero-order chi connectivity index (χ0) is 8.43. The topological polar surface area (TPSA) is 38.9 Å². The van der Waals surface area contributed by atoms with Crippen LogP contribution < -0.4 is 5.73 Å². The number of pyridine rings is 1. The maximum atomic E-state index is 12.9. The van der Waals surface area contributed by atoms with Crippen molar-refractivity contribution < 1.29 is 4.39 Å². The molecule has 0 saturated heterocycles. The Balaban J connectivity index is 3.09. The van der Waals surface area contributed by atoms with E-state index < -0.39 is 11.9 Å². The number of hydrogen-bond donors (Lipinski definition) is 1. The highest BCUT2D eigenvalue weighted by Gasteiger charge is 2.07. The molecule has 0 bridgehead atoms. The minimum Gasteiger partial charge on any atom is -0.323 e. The van der Waals surface area contributed by atoms with Crippen molar-refractivity contribution in [3.63, 3.8) is 0 Å². The van der Waals surface area contributed by atoms with Gasteiger partial charge in [-0.05, 0) is 13.0 Å². The lowest BCUT2D eigenvalue weighted by Crippen LogP contribution is -2.09. The summed E-state index contributed by atoms with van der Waals surface area (Å²) in [5.41, 5.74) is 5.66. The summed E-state index contributed by atoms with van der Waals surface area (Å²) in [6, 6.07) is 0.806. The van der Waals surface area contributed by atoms with Gasteiger partial charge < -0.3 is 5.73 Å². The molecule has 0 spiro atoms. The Bertz CT molecular complexity index is 263. The first-order valence-corrected chi connectivity index (χ1v) is 3.55. The summed E-state index contributed by atoms with van der Waals surface area (Å²) < 4.78 is 12.9. The van der Waals surface area contributed by atoms with Crippen molar-refractivity contribution in [3.8, 4) is 0 Å². The number of nitrogens with zero attached hydrogens (tertiary/aromatic N) is 1. The van der Waals surface area contributed by atoms with Gasteiger partial charge in [-0.2, -0.15) is 0 Å². The zero-order valence-electron chi connectivity index (χ0n) is 6.01. The highest BCUT2D eigenvalue weighted by Crippen LogP contribution is 2.15. The van der Waals surface area contributed by atoms with Gasteiger partial charge in [0.1, 0.15) is 5.82 Å². The normalized spacial score (nSPS) is 13.1. The average Bonchev–Trinajstić information content (AvgIpc) is 1.85. The molecule has 1 aromatic heterocycles. The van der Waals surface area contributed by atoms with E-state index >= 15 is 0 Å². The first kappa shape index (κ1) is 8.43. The third-order valence-corrected chi connectivity index (χ3v) is 1.47. The van der Waals surface area contributed by atoms with Gasteiger partial charge in [0.2, 0.25) is 0 Å². The molecule has 2 N–H and O–H groups in total. The fraction of sp³-hybridized carbons (Fsp3) is 0.286. The summed E-state index contributed by atoms with van der Waals surface area (Å²) in [5.74, 6) is -0.451. The molecule has 1 rings (SSSR count). The lowest BCUT2D eigenvalue weighted by Gasteiger charge is -2.04. The van der Waals surface area contributed by atoms with Crippen LogP contribution in [0.5, 0.6) is 0 Å². The van der Waals surface area contributed by atoms with Crippen LogP contribution in [0.25, 0.3) is 0 Å². The molecule has 11 heavy (non-hydrogen) atoms. The molecule has 0 aliphatic carbocycles. The molecule has 0 fully saturated rings. The Morgan fingerprint density at radius 1 is 1.73 bits per heavy atom. The molecule has 4 heteroatoms. The maximum absolute atomic E-state index is 12.9. The van der Waals surface area contributed by atoms with E-state index in [1.807, 2.05) is 0 Å². The largest absolute Gasteiger partial charge is 0.323 e. The molecule has 1 aromatic rings. The van der Waals surface area contributed by atoms with Gasteiger partial charge in [-0.25, -0.2) is 4.39 Å². The molecule has 1 atom stereocenters. The molecule has 60 valence electrons. The van der Waals surface area contributed by atoms with E-state index in [1.165, 1.54) is 12.3 Å². The molecular weight excluding hydrogens is 167 g/mol. The molecule has 0 aliphatic heterocycles. The Morgan fingerprint density at radius 3 is 2.82 bits per heavy atom. The standard InChI is InChI=1S/C7H8ClFN2/c1-4(10)7-6(9)2-5(8)3-11-7/h2-4H,10H2,1H3/t4-/m0/s1. The highest BCUT2D eigenvalue weighted by molar-refractivity contribution is 6.30. The molecule has 0 radical (unpaired) electrons. The van der Waals surface area contributed by atoms with Gasteiger partial charge in [-0.15, -0.1) is 0 Å². The minimum absolute atomic E-state index is 0.245. The van der Waals surface area contributed by atoms with E-state index in [2.05, 4.69) is 4.98 Å². The fourth-order valence-electron chi connectivity index (χ4n) is 0.760. The predicted molar refractivity (Wildman–Crippen MR) is 41.8 cm³/mol. The number of aromatic nitrogens is 1. The molecule has 0 saturated carbocycles. The van der Waals surface area contributed by atoms with Crippen molar-refractivity contribution in [2.45, 2.75) is 13.0 Å². The SMILES string of the molecule is C[C@H](N)c1ncc(Cl)cc1F. The van der Waals surface area contributed by atoms with Crippen molar-refractivity contribution in [3.05, 3.63) is 28.8 Å². The van der Waals surface area contributed by atoms with Crippen LogP contribution in [0.4, 0.5) is 4.39 Å². The molecule has 2 nitrogen and oxygen atoms in total. The number of nitrogens with two attached hydrogens (primary N) is 1. The summed E-state index contributed by atoms with van der Waals surface area (Å²) in [7, 11) is 0. The summed E-state index contributed by atoms with van der Waals surface area (Å²) in [4.78, 5) is 3.75. The molecular formula is C7H8ClFN2. The third kappa shape index (κ3) is 1.88. The number of halogens is 2. The lowest BCUT2D eigenvalue weighted by molar-refractivity contribution is 0.579. The van der Waals surface area contributed by atoms with E-state index in [-0.39, 0.29) is 10.7 Å². The molecule has 0 amide bonds. The number of hydrogen-bond acceptors (Lipinski definition) is 2. The number of rotatable bonds is 1. The van der Waals surface area contributed by atoms with Crippen LogP contribution in [0.3, 0.4) is 0 Å². The smallest absolute Gasteiger partial charge is 0.147 e. The fourth-order valence-corrected chi connectivity index (χ4v) is 0.905. The zero-order valence-corrected chi connectivity index (χ0v) is 6.77. The average molecular weight is 175 g/mol. The Labute approximate surface area is 69.2 Å². The van der Waals surface area contributed by atoms with Crippen molar-refractivity contribution in [1.29, 1.82) is 0 Å². The Hall–Kier alpha value is -0.670. The lowest BCUT2D eigenvalue weighted by atomic mass is 10.2. The Morgan fingerprint density at radius 2 is 2.36 bits per heavy atom. The molecule has 1 heterocycles. The minimum atomic E-state index is -0.451. The second-order valence-electron chi connectivity index (χ2n) is 2.31. The van der Waals surface area contributed by atoms with Crippen LogP contribution >= 0.6 is 11.6 Å². The summed E-state index contributed by atoms with van der Waals surface area (Å²) in [6.07, 6.45) is 1.38. The molecule has 0 unspecified atom stereocenters. The second-order valence-corrected chi connectivity index (χ2v) is 2.75. The van der Waals surface area contributed by atoms with Crippen LogP contribution in [0, 0.1) is 5.82 Å². The monoisotopic (exact) mass is 174 g/mol. The predicted octanol–water partition coefficient (Wildman–Crippen LogP) is 1.89. The maximum Gasteiger partial charge on any atom is 0.147 e. The van der Waals surface area contributed by atoms with E-state index in [0.29, 0.717) is 0 Å². The summed E-state index contributed by atoms with van der Waals surface area (Å²) in [5, 5.41) is 0.284. The first-order valence-electron chi connectivity index (χ1n) is 3.18. The Kier molecular flexibility index (Phi) is 2.42. The van der Waals surface area contributed by atoms with E-state index in [9.17, 15) is 4.39 Å². The van der Waals surface area contributed by atoms with Gasteiger partial charge in [0.25, 0.3) is 0 Å². The van der Waals surface area contributed by atoms with E-state index in [0.717, 1.165) is 0 Å². The summed E-state index contributed by atoms with van der Waals surface area (Å²) >= 11 is 5.48. The second kappa shape index (κ2) is 3.15. The highest BCUT2D eigenvalue weighted by atomic mass is 35.5. The van der Waals surface area contributed by atoms with Gasteiger partial charge in [-0.3, -0.25) is 4.98 Å². The van der Waals surface area contributed by atoms with Crippen LogP contribution in [0.15, 0.2) is 12.3 Å². The molecule has 0 aromatic carbocycles. The van der Waals surface area contributed by atoms with Crippen LogP contribution in [-0.4, -0.2) is 4.98 Å². The molecule has 0 aliphatic rings. The van der Waals surface area contributed by atoms with E-state index in [4.69, 9.17) is 17.3 Å². The third-order valence-electron chi connectivity index (χ3n) is 1.27. The van der Waals surface area contributed by atoms with Gasteiger partial charge >= 0.3 is 0 Å². The van der Waals surface area contributed by atoms with Gasteiger partial charge in [0, 0.05) is 12.2 Å². The van der Waals surface area contributed by atoms with Crippen LogP contribution in [-0.2, 0) is 0 Å². The first-order chi connectivity index (χ1) is 5.11. The van der Waals surface area contributed by atoms with Crippen molar-refractivity contribution in [2.24, 2.45) is 5.73 Å².